The molecule has 126 valence electrons. The zero-order valence-electron chi connectivity index (χ0n) is 13.7. The summed E-state index contributed by atoms with van der Waals surface area (Å²) in [4.78, 5) is 18.3. The summed E-state index contributed by atoms with van der Waals surface area (Å²) in [5.74, 6) is 0.675. The molecule has 3 aromatic carbocycles. The van der Waals surface area contributed by atoms with Gasteiger partial charge in [-0.3, -0.25) is 10.1 Å². The van der Waals surface area contributed by atoms with Crippen LogP contribution < -0.4 is 10.1 Å². The molecule has 4 aromatic rings. The number of hydrogen-bond acceptors (Lipinski definition) is 4. The van der Waals surface area contributed by atoms with Gasteiger partial charge in [0.2, 0.25) is 0 Å². The molecule has 1 aliphatic heterocycles. The summed E-state index contributed by atoms with van der Waals surface area (Å²) in [6, 6.07) is 21.5. The minimum atomic E-state index is -0.156. The highest BCUT2D eigenvalue weighted by Gasteiger charge is 2.22. The minimum Gasteiger partial charge on any atom is -0.487 e. The Bertz CT molecular complexity index is 1150. The zero-order chi connectivity index (χ0) is 17.5. The van der Waals surface area contributed by atoms with Gasteiger partial charge in [-0.25, -0.2) is 4.98 Å². The maximum Gasteiger partial charge on any atom is 0.257 e. The smallest absolute Gasteiger partial charge is 0.257 e. The van der Waals surface area contributed by atoms with E-state index in [0.29, 0.717) is 17.3 Å². The van der Waals surface area contributed by atoms with Crippen molar-refractivity contribution >= 4 is 33.1 Å². The molecule has 0 fully saturated rings. The molecule has 1 N–H and O–H groups in total. The van der Waals surface area contributed by atoms with E-state index in [4.69, 9.17) is 4.74 Å². The quantitative estimate of drug-likeness (QED) is 0.542. The first kappa shape index (κ1) is 15.1. The van der Waals surface area contributed by atoms with Gasteiger partial charge in [0, 0.05) is 11.1 Å². The fourth-order valence-electron chi connectivity index (χ4n) is 3.14. The third-order valence-electron chi connectivity index (χ3n) is 4.43. The lowest BCUT2D eigenvalue weighted by atomic mass is 10.1. The Morgan fingerprint density at radius 1 is 1.00 bits per heavy atom. The number of ether oxygens (including phenoxy) is 1. The number of nitrogens with zero attached hydrogens (tertiary/aromatic N) is 1. The largest absolute Gasteiger partial charge is 0.487 e. The van der Waals surface area contributed by atoms with Crippen LogP contribution in [0.5, 0.6) is 5.75 Å². The van der Waals surface area contributed by atoms with Crippen molar-refractivity contribution in [1.82, 2.24) is 4.98 Å². The van der Waals surface area contributed by atoms with Crippen molar-refractivity contribution < 1.29 is 9.53 Å². The number of rotatable bonds is 2. The molecule has 0 saturated carbocycles. The molecule has 2 heterocycles. The van der Waals surface area contributed by atoms with Crippen LogP contribution in [0.25, 0.3) is 22.0 Å². The van der Waals surface area contributed by atoms with E-state index in [-0.39, 0.29) is 5.91 Å². The Balaban J connectivity index is 1.45. The summed E-state index contributed by atoms with van der Waals surface area (Å²) in [5, 5.41) is 5.67. The lowest BCUT2D eigenvalue weighted by Crippen LogP contribution is -2.11. The van der Waals surface area contributed by atoms with Crippen molar-refractivity contribution in [2.75, 3.05) is 5.32 Å². The van der Waals surface area contributed by atoms with E-state index in [2.05, 4.69) is 10.3 Å². The SMILES string of the molecule is O=C(Nc1nc2c(s1)COc1ccccc1-2)c1ccc2ccccc2c1. The molecule has 0 aliphatic carbocycles. The molecule has 5 rings (SSSR count). The number of carbonyl (C=O) groups excluding carboxylic acids is 1. The summed E-state index contributed by atoms with van der Waals surface area (Å²) in [7, 11) is 0. The van der Waals surface area contributed by atoms with Crippen LogP contribution in [0.4, 0.5) is 5.13 Å². The predicted molar refractivity (Wildman–Crippen MR) is 104 cm³/mol. The second-order valence-corrected chi connectivity index (χ2v) is 7.18. The monoisotopic (exact) mass is 358 g/mol. The third-order valence-corrected chi connectivity index (χ3v) is 5.37. The Hall–Kier alpha value is -3.18. The van der Waals surface area contributed by atoms with E-state index in [1.165, 1.54) is 11.3 Å². The lowest BCUT2D eigenvalue weighted by molar-refractivity contribution is 0.102. The first-order valence-corrected chi connectivity index (χ1v) is 9.12. The van der Waals surface area contributed by atoms with E-state index in [9.17, 15) is 4.79 Å². The van der Waals surface area contributed by atoms with Gasteiger partial charge in [0.15, 0.2) is 5.13 Å². The van der Waals surface area contributed by atoms with E-state index in [1.807, 2.05) is 66.7 Å². The van der Waals surface area contributed by atoms with Gasteiger partial charge < -0.3 is 4.74 Å². The molecular weight excluding hydrogens is 344 g/mol. The predicted octanol–water partition coefficient (Wildman–Crippen LogP) is 5.11. The van der Waals surface area contributed by atoms with Gasteiger partial charge in [-0.15, -0.1) is 0 Å². The van der Waals surface area contributed by atoms with Gasteiger partial charge >= 0.3 is 0 Å². The summed E-state index contributed by atoms with van der Waals surface area (Å²) in [6.07, 6.45) is 0. The number of anilines is 1. The number of carbonyl (C=O) groups is 1. The highest BCUT2D eigenvalue weighted by molar-refractivity contribution is 7.16. The fraction of sp³-hybridized carbons (Fsp3) is 0.0476. The number of para-hydroxylation sites is 1. The molecule has 0 bridgehead atoms. The molecule has 0 saturated heterocycles. The maximum atomic E-state index is 12.6. The lowest BCUT2D eigenvalue weighted by Gasteiger charge is -2.15. The number of nitrogens with one attached hydrogen (secondary N) is 1. The van der Waals surface area contributed by atoms with Crippen LogP contribution >= 0.6 is 11.3 Å². The molecule has 4 nitrogen and oxygen atoms in total. The van der Waals surface area contributed by atoms with E-state index in [0.717, 1.165) is 32.7 Å². The normalized spacial score (nSPS) is 12.2. The number of amides is 1. The molecule has 1 aliphatic rings. The van der Waals surface area contributed by atoms with Crippen LogP contribution in [0.3, 0.4) is 0 Å². The van der Waals surface area contributed by atoms with Crippen LogP contribution in [-0.4, -0.2) is 10.9 Å². The third kappa shape index (κ3) is 2.53. The summed E-state index contributed by atoms with van der Waals surface area (Å²) < 4.78 is 5.76. The Labute approximate surface area is 154 Å². The summed E-state index contributed by atoms with van der Waals surface area (Å²) in [5.41, 5.74) is 2.48. The Kier molecular flexibility index (Phi) is 3.47. The van der Waals surface area contributed by atoms with Crippen LogP contribution in [0.1, 0.15) is 15.2 Å². The second-order valence-electron chi connectivity index (χ2n) is 6.09. The fourth-order valence-corrected chi connectivity index (χ4v) is 4.03. The van der Waals surface area contributed by atoms with E-state index in [1.54, 1.807) is 0 Å². The van der Waals surface area contributed by atoms with Gasteiger partial charge in [-0.05, 0) is 35.0 Å². The van der Waals surface area contributed by atoms with Gasteiger partial charge in [0.25, 0.3) is 5.91 Å². The van der Waals surface area contributed by atoms with Gasteiger partial charge in [-0.1, -0.05) is 53.8 Å². The number of benzene rings is 3. The molecule has 5 heteroatoms. The molecular formula is C21H14N2O2S. The molecule has 26 heavy (non-hydrogen) atoms. The highest BCUT2D eigenvalue weighted by atomic mass is 32.1. The molecule has 0 radical (unpaired) electrons. The number of hydrogen-bond donors (Lipinski definition) is 1. The molecule has 1 amide bonds. The summed E-state index contributed by atoms with van der Waals surface area (Å²) >= 11 is 1.46. The van der Waals surface area contributed by atoms with Crippen molar-refractivity contribution in [3.63, 3.8) is 0 Å². The molecule has 0 unspecified atom stereocenters. The molecule has 1 aromatic heterocycles. The van der Waals surface area contributed by atoms with Crippen molar-refractivity contribution in [1.29, 1.82) is 0 Å². The first-order chi connectivity index (χ1) is 12.8. The highest BCUT2D eigenvalue weighted by Crippen LogP contribution is 2.40. The van der Waals surface area contributed by atoms with Gasteiger partial charge in [-0.2, -0.15) is 0 Å². The average Bonchev–Trinajstić information content (AvgIpc) is 3.10. The van der Waals surface area contributed by atoms with Crippen molar-refractivity contribution in [3.05, 3.63) is 77.2 Å². The standard InChI is InChI=1S/C21H14N2O2S/c24-20(15-10-9-13-5-1-2-6-14(13)11-15)23-21-22-19-16-7-3-4-8-17(16)25-12-18(19)26-21/h1-11H,12H2,(H,22,23,24). The van der Waals surface area contributed by atoms with Gasteiger partial charge in [0.05, 0.1) is 10.6 Å². The van der Waals surface area contributed by atoms with Crippen molar-refractivity contribution in [2.45, 2.75) is 6.61 Å². The van der Waals surface area contributed by atoms with Crippen molar-refractivity contribution in [2.24, 2.45) is 0 Å². The van der Waals surface area contributed by atoms with E-state index >= 15 is 0 Å². The molecule has 0 spiro atoms. The summed E-state index contributed by atoms with van der Waals surface area (Å²) in [6.45, 7) is 0.482. The Morgan fingerprint density at radius 3 is 2.73 bits per heavy atom. The number of fused-ring (bicyclic) bond motifs is 4. The number of aromatic nitrogens is 1. The Morgan fingerprint density at radius 2 is 1.81 bits per heavy atom. The first-order valence-electron chi connectivity index (χ1n) is 8.30. The van der Waals surface area contributed by atoms with Gasteiger partial charge in [0.1, 0.15) is 12.4 Å². The maximum absolute atomic E-state index is 12.6. The van der Waals surface area contributed by atoms with Crippen LogP contribution in [-0.2, 0) is 6.61 Å². The average molecular weight is 358 g/mol. The topological polar surface area (TPSA) is 51.2 Å². The van der Waals surface area contributed by atoms with Crippen LogP contribution in [0.15, 0.2) is 66.7 Å². The van der Waals surface area contributed by atoms with Crippen LogP contribution in [0.2, 0.25) is 0 Å². The zero-order valence-corrected chi connectivity index (χ0v) is 14.5. The van der Waals surface area contributed by atoms with Crippen molar-refractivity contribution in [3.8, 4) is 17.0 Å². The number of thiazole rings is 1. The molecule has 0 atom stereocenters. The van der Waals surface area contributed by atoms with E-state index < -0.39 is 0 Å². The minimum absolute atomic E-state index is 0.156. The second kappa shape index (κ2) is 5.97. The van der Waals surface area contributed by atoms with Crippen LogP contribution in [0, 0.1) is 0 Å².